The molecule has 0 heterocycles. The van der Waals surface area contributed by atoms with Gasteiger partial charge in [-0.15, -0.1) is 0 Å². The van der Waals surface area contributed by atoms with Crippen molar-refractivity contribution in [1.29, 1.82) is 0 Å². The summed E-state index contributed by atoms with van der Waals surface area (Å²) in [4.78, 5) is 14.2. The van der Waals surface area contributed by atoms with Crippen molar-refractivity contribution in [2.45, 2.75) is 31.7 Å². The molecule has 1 amide bonds. The van der Waals surface area contributed by atoms with Gasteiger partial charge < -0.3 is 10.0 Å². The fourth-order valence-electron chi connectivity index (χ4n) is 2.21. The van der Waals surface area contributed by atoms with Crippen LogP contribution in [-0.4, -0.2) is 35.1 Å². The number of carbonyl (C=O) groups excluding carboxylic acids is 1. The smallest absolute Gasteiger partial charge is 0.255 e. The molecule has 1 aromatic carbocycles. The van der Waals surface area contributed by atoms with E-state index in [-0.39, 0.29) is 29.1 Å². The lowest BCUT2D eigenvalue weighted by Gasteiger charge is -2.37. The molecule has 2 rings (SSSR count). The molecule has 0 unspecified atom stereocenters. The summed E-state index contributed by atoms with van der Waals surface area (Å²) in [5.74, 6) is -0.828. The zero-order valence-electron chi connectivity index (χ0n) is 10.6. The van der Waals surface area contributed by atoms with E-state index < -0.39 is 5.82 Å². The SMILES string of the molecule is O=C(c1cccc(F)c1Cl)N(CCCO)C1CCC1. The van der Waals surface area contributed by atoms with Crippen LogP contribution in [0, 0.1) is 5.82 Å². The summed E-state index contributed by atoms with van der Waals surface area (Å²) >= 11 is 5.86. The lowest BCUT2D eigenvalue weighted by molar-refractivity contribution is 0.0562. The van der Waals surface area contributed by atoms with Crippen LogP contribution >= 0.6 is 11.6 Å². The second-order valence-electron chi connectivity index (χ2n) is 4.76. The van der Waals surface area contributed by atoms with Gasteiger partial charge in [-0.1, -0.05) is 17.7 Å². The van der Waals surface area contributed by atoms with Crippen LogP contribution < -0.4 is 0 Å². The third-order valence-corrected chi connectivity index (χ3v) is 3.90. The van der Waals surface area contributed by atoms with E-state index in [2.05, 4.69) is 0 Å². The third-order valence-electron chi connectivity index (χ3n) is 3.52. The van der Waals surface area contributed by atoms with E-state index >= 15 is 0 Å². The molecule has 0 spiro atoms. The predicted molar refractivity (Wildman–Crippen MR) is 71.8 cm³/mol. The van der Waals surface area contributed by atoms with Gasteiger partial charge in [-0.3, -0.25) is 4.79 Å². The molecule has 19 heavy (non-hydrogen) atoms. The Bertz CT molecular complexity index is 463. The Labute approximate surface area is 117 Å². The highest BCUT2D eigenvalue weighted by Gasteiger charge is 2.30. The topological polar surface area (TPSA) is 40.5 Å². The maximum absolute atomic E-state index is 13.4. The number of aliphatic hydroxyl groups excluding tert-OH is 1. The van der Waals surface area contributed by atoms with Crippen LogP contribution in [-0.2, 0) is 0 Å². The number of rotatable bonds is 5. The average Bonchev–Trinajstić information content (AvgIpc) is 2.34. The monoisotopic (exact) mass is 285 g/mol. The first kappa shape index (κ1) is 14.3. The zero-order valence-corrected chi connectivity index (χ0v) is 11.4. The normalized spacial score (nSPS) is 15.1. The zero-order chi connectivity index (χ0) is 13.8. The maximum Gasteiger partial charge on any atom is 0.255 e. The van der Waals surface area contributed by atoms with Crippen molar-refractivity contribution in [2.75, 3.05) is 13.2 Å². The Hall–Kier alpha value is -1.13. The van der Waals surface area contributed by atoms with Gasteiger partial charge in [0.2, 0.25) is 0 Å². The summed E-state index contributed by atoms with van der Waals surface area (Å²) < 4.78 is 13.4. The van der Waals surface area contributed by atoms with Crippen LogP contribution in [0.25, 0.3) is 0 Å². The number of halogens is 2. The minimum absolute atomic E-state index is 0.0351. The number of benzene rings is 1. The molecule has 3 nitrogen and oxygen atoms in total. The quantitative estimate of drug-likeness (QED) is 0.904. The molecular weight excluding hydrogens is 269 g/mol. The van der Waals surface area contributed by atoms with Gasteiger partial charge in [0, 0.05) is 19.2 Å². The number of aliphatic hydroxyl groups is 1. The fourth-order valence-corrected chi connectivity index (χ4v) is 2.42. The standard InChI is InChI=1S/C14H17ClFNO2/c15-13-11(6-2-7-12(13)16)14(19)17(8-3-9-18)10-4-1-5-10/h2,6-7,10,18H,1,3-5,8-9H2. The van der Waals surface area contributed by atoms with Gasteiger partial charge >= 0.3 is 0 Å². The van der Waals surface area contributed by atoms with Crippen molar-refractivity contribution in [1.82, 2.24) is 4.90 Å². The van der Waals surface area contributed by atoms with Gasteiger partial charge in [-0.25, -0.2) is 4.39 Å². The highest BCUT2D eigenvalue weighted by atomic mass is 35.5. The van der Waals surface area contributed by atoms with Crippen molar-refractivity contribution < 1.29 is 14.3 Å². The summed E-state index contributed by atoms with van der Waals surface area (Å²) in [6.45, 7) is 0.514. The number of nitrogens with zero attached hydrogens (tertiary/aromatic N) is 1. The van der Waals surface area contributed by atoms with Gasteiger partial charge in [-0.2, -0.15) is 0 Å². The molecule has 1 saturated carbocycles. The van der Waals surface area contributed by atoms with E-state index in [9.17, 15) is 9.18 Å². The molecule has 0 bridgehead atoms. The molecule has 1 aromatic rings. The minimum Gasteiger partial charge on any atom is -0.396 e. The maximum atomic E-state index is 13.4. The fraction of sp³-hybridized carbons (Fsp3) is 0.500. The second kappa shape index (κ2) is 6.35. The Morgan fingerprint density at radius 3 is 2.79 bits per heavy atom. The first-order chi connectivity index (χ1) is 9.15. The molecule has 0 atom stereocenters. The Kier molecular flexibility index (Phi) is 4.77. The number of carbonyl (C=O) groups is 1. The molecule has 0 radical (unpaired) electrons. The average molecular weight is 286 g/mol. The Morgan fingerprint density at radius 2 is 2.21 bits per heavy atom. The Morgan fingerprint density at radius 1 is 1.47 bits per heavy atom. The largest absolute Gasteiger partial charge is 0.396 e. The molecule has 5 heteroatoms. The number of amides is 1. The van der Waals surface area contributed by atoms with Gasteiger partial charge in [0.15, 0.2) is 0 Å². The number of hydrogen-bond acceptors (Lipinski definition) is 2. The summed E-state index contributed by atoms with van der Waals surface area (Å²) in [6.07, 6.45) is 3.55. The summed E-state index contributed by atoms with van der Waals surface area (Å²) in [6, 6.07) is 4.46. The lowest BCUT2D eigenvalue weighted by atomic mass is 9.90. The van der Waals surface area contributed by atoms with Crippen molar-refractivity contribution in [3.05, 3.63) is 34.6 Å². The van der Waals surface area contributed by atoms with Crippen molar-refractivity contribution in [3.8, 4) is 0 Å². The number of hydrogen-bond donors (Lipinski definition) is 1. The molecule has 1 aliphatic rings. The molecular formula is C14H17ClFNO2. The molecule has 1 fully saturated rings. The van der Waals surface area contributed by atoms with E-state index in [0.29, 0.717) is 13.0 Å². The lowest BCUT2D eigenvalue weighted by Crippen LogP contribution is -2.45. The molecule has 0 aliphatic heterocycles. The van der Waals surface area contributed by atoms with Gasteiger partial charge in [0.25, 0.3) is 5.91 Å². The van der Waals surface area contributed by atoms with Crippen LogP contribution in [0.1, 0.15) is 36.0 Å². The van der Waals surface area contributed by atoms with Crippen LogP contribution in [0.3, 0.4) is 0 Å². The van der Waals surface area contributed by atoms with Crippen LogP contribution in [0.15, 0.2) is 18.2 Å². The summed E-state index contributed by atoms with van der Waals surface area (Å²) in [7, 11) is 0. The first-order valence-corrected chi connectivity index (χ1v) is 6.88. The van der Waals surface area contributed by atoms with Crippen LogP contribution in [0.5, 0.6) is 0 Å². The van der Waals surface area contributed by atoms with Crippen molar-refractivity contribution in [2.24, 2.45) is 0 Å². The summed E-state index contributed by atoms with van der Waals surface area (Å²) in [5, 5.41) is 8.79. The summed E-state index contributed by atoms with van der Waals surface area (Å²) in [5.41, 5.74) is 0.200. The molecule has 104 valence electrons. The predicted octanol–water partition coefficient (Wildman–Crippen LogP) is 2.86. The second-order valence-corrected chi connectivity index (χ2v) is 5.14. The van der Waals surface area contributed by atoms with Crippen molar-refractivity contribution in [3.63, 3.8) is 0 Å². The third kappa shape index (κ3) is 3.07. The van der Waals surface area contributed by atoms with E-state index in [4.69, 9.17) is 16.7 Å². The van der Waals surface area contributed by atoms with E-state index in [1.54, 1.807) is 11.0 Å². The van der Waals surface area contributed by atoms with Gasteiger partial charge in [-0.05, 0) is 37.8 Å². The Balaban J connectivity index is 2.20. The molecule has 0 aromatic heterocycles. The van der Waals surface area contributed by atoms with Crippen LogP contribution in [0.2, 0.25) is 5.02 Å². The highest BCUT2D eigenvalue weighted by Crippen LogP contribution is 2.28. The molecule has 1 N–H and O–H groups in total. The molecule has 1 aliphatic carbocycles. The van der Waals surface area contributed by atoms with E-state index in [0.717, 1.165) is 19.3 Å². The van der Waals surface area contributed by atoms with Crippen LogP contribution in [0.4, 0.5) is 4.39 Å². The van der Waals surface area contributed by atoms with E-state index in [1.165, 1.54) is 12.1 Å². The highest BCUT2D eigenvalue weighted by molar-refractivity contribution is 6.34. The molecule has 0 saturated heterocycles. The first-order valence-electron chi connectivity index (χ1n) is 6.51. The van der Waals surface area contributed by atoms with Gasteiger partial charge in [0.1, 0.15) is 5.82 Å². The van der Waals surface area contributed by atoms with E-state index in [1.807, 2.05) is 0 Å². The van der Waals surface area contributed by atoms with Crippen molar-refractivity contribution >= 4 is 17.5 Å². The minimum atomic E-state index is -0.580. The van der Waals surface area contributed by atoms with Gasteiger partial charge in [0.05, 0.1) is 10.6 Å².